The molecule has 2 aromatic heterocycles. The number of nitrogens with zero attached hydrogens (tertiary/aromatic N) is 4. The number of aliphatic hydroxyl groups is 1. The van der Waals surface area contributed by atoms with Crippen molar-refractivity contribution in [2.45, 2.75) is 65.4 Å². The molecule has 1 spiro atoms. The Bertz CT molecular complexity index is 1770. The Labute approximate surface area is 288 Å². The molecule has 2 aromatic carbocycles. The van der Waals surface area contributed by atoms with Crippen LogP contribution in [0.2, 0.25) is 0 Å². The number of carbonyl (C=O) groups is 1. The molecule has 260 valence electrons. The van der Waals surface area contributed by atoms with Gasteiger partial charge in [0.2, 0.25) is 0 Å². The Morgan fingerprint density at radius 3 is 2.55 bits per heavy atom. The van der Waals surface area contributed by atoms with E-state index in [1.807, 2.05) is 6.07 Å². The molecule has 3 saturated heterocycles. The first-order valence-electron chi connectivity index (χ1n) is 18.1. The third-order valence-electron chi connectivity index (χ3n) is 11.4. The highest BCUT2D eigenvalue weighted by atomic mass is 19.1. The highest BCUT2D eigenvalue weighted by molar-refractivity contribution is 5.97. The van der Waals surface area contributed by atoms with E-state index in [-0.39, 0.29) is 18.2 Å². The second kappa shape index (κ2) is 14.2. The number of nitrogens with one attached hydrogen (secondary N) is 3. The largest absolute Gasteiger partial charge is 0.391 e. The molecule has 4 N–H and O–H groups in total. The number of piperidine rings is 2. The van der Waals surface area contributed by atoms with Gasteiger partial charge in [-0.1, -0.05) is 38.1 Å². The predicted molar refractivity (Wildman–Crippen MR) is 193 cm³/mol. The van der Waals surface area contributed by atoms with Crippen LogP contribution in [0.5, 0.6) is 0 Å². The number of rotatable bonds is 8. The molecule has 2 unspecified atom stereocenters. The predicted octanol–water partition coefficient (Wildman–Crippen LogP) is 6.62. The van der Waals surface area contributed by atoms with Gasteiger partial charge in [-0.2, -0.15) is 0 Å². The van der Waals surface area contributed by atoms with Gasteiger partial charge in [0.15, 0.2) is 0 Å². The van der Waals surface area contributed by atoms with Crippen LogP contribution in [-0.4, -0.2) is 87.8 Å². The third kappa shape index (κ3) is 7.23. The molecular weight excluding hydrogens is 617 g/mol. The normalized spacial score (nSPS) is 21.2. The van der Waals surface area contributed by atoms with Crippen molar-refractivity contribution in [3.63, 3.8) is 0 Å². The first-order valence-corrected chi connectivity index (χ1v) is 18.1. The minimum atomic E-state index is -0.578. The van der Waals surface area contributed by atoms with Crippen LogP contribution in [0.15, 0.2) is 48.8 Å². The number of β-amino-alcohol motifs (C(OH)–C–C–N with tert-alkyl or cyclic N) is 1. The Morgan fingerprint density at radius 2 is 1.82 bits per heavy atom. The lowest BCUT2D eigenvalue weighted by atomic mass is 9.71. The second-order valence-electron chi connectivity index (χ2n) is 15.1. The highest BCUT2D eigenvalue weighted by Gasteiger charge is 2.36. The number of amides is 2. The van der Waals surface area contributed by atoms with Gasteiger partial charge in [0.05, 0.1) is 17.5 Å². The summed E-state index contributed by atoms with van der Waals surface area (Å²) in [5.41, 5.74) is 6.68. The molecule has 3 aliphatic rings. The van der Waals surface area contributed by atoms with E-state index in [1.54, 1.807) is 17.9 Å². The van der Waals surface area contributed by atoms with E-state index in [0.717, 1.165) is 36.0 Å². The number of fused-ring (bicyclic) bond motifs is 1. The van der Waals surface area contributed by atoms with E-state index in [4.69, 9.17) is 0 Å². The van der Waals surface area contributed by atoms with E-state index < -0.39 is 18.0 Å². The van der Waals surface area contributed by atoms with Crippen molar-refractivity contribution in [1.29, 1.82) is 0 Å². The molecule has 0 saturated carbocycles. The van der Waals surface area contributed by atoms with Gasteiger partial charge in [-0.15, -0.1) is 0 Å². The Kier molecular flexibility index (Phi) is 9.72. The zero-order chi connectivity index (χ0) is 34.1. The number of halogens is 1. The number of carbonyl (C=O) groups excluding carboxylic acids is 1. The summed E-state index contributed by atoms with van der Waals surface area (Å²) in [6.07, 6.45) is 8.12. The number of aromatic amines is 1. The fraction of sp³-hybridized carbons (Fsp3) is 0.513. The van der Waals surface area contributed by atoms with Gasteiger partial charge in [-0.25, -0.2) is 19.2 Å². The summed E-state index contributed by atoms with van der Waals surface area (Å²) in [5.74, 6) is -0.0821. The van der Waals surface area contributed by atoms with Gasteiger partial charge < -0.3 is 30.5 Å². The molecule has 3 fully saturated rings. The summed E-state index contributed by atoms with van der Waals surface area (Å²) in [6.45, 7) is 12.5. The maximum absolute atomic E-state index is 15.2. The molecule has 5 heterocycles. The fourth-order valence-electron chi connectivity index (χ4n) is 8.29. The number of H-pyrrole nitrogens is 1. The number of anilines is 1. The van der Waals surface area contributed by atoms with Crippen LogP contribution < -0.4 is 10.6 Å². The van der Waals surface area contributed by atoms with Crippen molar-refractivity contribution in [2.24, 2.45) is 17.3 Å². The number of aliphatic hydroxyl groups excluding tert-OH is 1. The van der Waals surface area contributed by atoms with Crippen molar-refractivity contribution in [3.05, 3.63) is 65.7 Å². The van der Waals surface area contributed by atoms with E-state index in [0.29, 0.717) is 40.3 Å². The fourth-order valence-corrected chi connectivity index (χ4v) is 8.29. The van der Waals surface area contributed by atoms with Gasteiger partial charge in [-0.3, -0.25) is 0 Å². The standard InChI is InChI=1S/C39H50FN7O2/c1-25(2)20-29-22-47(23-34(29)48)38(49)45-35-26(3)30(8-9-32(35)40)36-31-21-33(44-37(31)43-24-42-36)28-6-4-27(5-7-28)10-17-46-18-13-39(14-19-46)11-15-41-16-12-39/h4-9,21,24-25,29,34,41,48H,10-20,22-23H2,1-3H3,(H,45,49)(H,42,43,44). The summed E-state index contributed by atoms with van der Waals surface area (Å²) >= 11 is 0. The zero-order valence-corrected chi connectivity index (χ0v) is 29.1. The molecule has 7 rings (SSSR count). The van der Waals surface area contributed by atoms with E-state index in [1.165, 1.54) is 69.8 Å². The van der Waals surface area contributed by atoms with Crippen LogP contribution in [0.1, 0.15) is 57.1 Å². The monoisotopic (exact) mass is 667 g/mol. The molecule has 2 atom stereocenters. The lowest BCUT2D eigenvalue weighted by Crippen LogP contribution is -2.45. The van der Waals surface area contributed by atoms with Crippen molar-refractivity contribution in [1.82, 2.24) is 30.1 Å². The topological polar surface area (TPSA) is 109 Å². The van der Waals surface area contributed by atoms with Gasteiger partial charge in [0.25, 0.3) is 0 Å². The van der Waals surface area contributed by atoms with Crippen molar-refractivity contribution in [3.8, 4) is 22.5 Å². The average molecular weight is 668 g/mol. The quantitative estimate of drug-likeness (QED) is 0.168. The van der Waals surface area contributed by atoms with E-state index in [2.05, 4.69) is 68.6 Å². The van der Waals surface area contributed by atoms with Crippen molar-refractivity contribution >= 4 is 22.8 Å². The SMILES string of the molecule is Cc1c(-c2ncnc3[nH]c(-c4ccc(CCN5CCC6(CCNCC6)CC5)cc4)cc23)ccc(F)c1NC(=O)N1CC(O)C(CC(C)C)C1. The van der Waals surface area contributed by atoms with Crippen LogP contribution >= 0.6 is 0 Å². The summed E-state index contributed by atoms with van der Waals surface area (Å²) in [4.78, 5) is 30.0. The highest BCUT2D eigenvalue weighted by Crippen LogP contribution is 2.40. The number of urea groups is 1. The third-order valence-corrected chi connectivity index (χ3v) is 11.4. The summed E-state index contributed by atoms with van der Waals surface area (Å²) in [7, 11) is 0. The number of likely N-dealkylation sites (tertiary alicyclic amines) is 2. The molecule has 2 amide bonds. The summed E-state index contributed by atoms with van der Waals surface area (Å²) in [5, 5.41) is 17.7. The molecule has 0 bridgehead atoms. The smallest absolute Gasteiger partial charge is 0.322 e. The summed E-state index contributed by atoms with van der Waals surface area (Å²) < 4.78 is 15.2. The Balaban J connectivity index is 1.03. The van der Waals surface area contributed by atoms with Crippen LogP contribution in [0, 0.1) is 30.0 Å². The van der Waals surface area contributed by atoms with Crippen LogP contribution in [0.3, 0.4) is 0 Å². The molecule has 0 aliphatic carbocycles. The summed E-state index contributed by atoms with van der Waals surface area (Å²) in [6, 6.07) is 13.5. The molecular formula is C39H50FN7O2. The molecule has 49 heavy (non-hydrogen) atoms. The van der Waals surface area contributed by atoms with Gasteiger partial charge >= 0.3 is 6.03 Å². The van der Waals surface area contributed by atoms with E-state index >= 15 is 4.39 Å². The van der Waals surface area contributed by atoms with Gasteiger partial charge in [0, 0.05) is 42.2 Å². The van der Waals surface area contributed by atoms with E-state index in [9.17, 15) is 9.90 Å². The first kappa shape index (κ1) is 33.6. The van der Waals surface area contributed by atoms with Crippen LogP contribution in [0.4, 0.5) is 14.9 Å². The maximum Gasteiger partial charge on any atom is 0.322 e. The van der Waals surface area contributed by atoms with Crippen molar-refractivity contribution in [2.75, 3.05) is 51.1 Å². The molecule has 0 radical (unpaired) electrons. The minimum Gasteiger partial charge on any atom is -0.391 e. The van der Waals surface area contributed by atoms with Crippen LogP contribution in [0.25, 0.3) is 33.5 Å². The second-order valence-corrected chi connectivity index (χ2v) is 15.1. The number of aromatic nitrogens is 3. The van der Waals surface area contributed by atoms with Crippen LogP contribution in [-0.2, 0) is 6.42 Å². The molecule has 9 nitrogen and oxygen atoms in total. The van der Waals surface area contributed by atoms with Crippen molar-refractivity contribution < 1.29 is 14.3 Å². The maximum atomic E-state index is 15.2. The van der Waals surface area contributed by atoms with Gasteiger partial charge in [0.1, 0.15) is 17.8 Å². The first-order chi connectivity index (χ1) is 23.7. The average Bonchev–Trinajstić information content (AvgIpc) is 3.70. The molecule has 4 aromatic rings. The number of benzene rings is 2. The Hall–Kier alpha value is -3.86. The lowest BCUT2D eigenvalue weighted by Gasteiger charge is -2.44. The van der Waals surface area contributed by atoms with Gasteiger partial charge in [-0.05, 0) is 118 Å². The number of hydrogen-bond acceptors (Lipinski definition) is 6. The molecule has 3 aliphatic heterocycles. The molecule has 10 heteroatoms. The lowest BCUT2D eigenvalue weighted by molar-refractivity contribution is 0.0746. The number of hydrogen-bond donors (Lipinski definition) is 4. The minimum absolute atomic E-state index is 0.0168. The Morgan fingerprint density at radius 1 is 1.06 bits per heavy atom. The zero-order valence-electron chi connectivity index (χ0n) is 29.1.